The van der Waals surface area contributed by atoms with Crippen LogP contribution in [0.15, 0.2) is 24.3 Å². The van der Waals surface area contributed by atoms with Crippen LogP contribution in [0.2, 0.25) is 0 Å². The molecule has 1 unspecified atom stereocenters. The molecule has 1 atom stereocenters. The molecule has 2 N–H and O–H groups in total. The van der Waals surface area contributed by atoms with Crippen LogP contribution in [0.3, 0.4) is 0 Å². The minimum atomic E-state index is -0.879. The molecule has 0 bridgehead atoms. The first-order valence-corrected chi connectivity index (χ1v) is 10.9. The van der Waals surface area contributed by atoms with Gasteiger partial charge in [0.1, 0.15) is 6.04 Å². The van der Waals surface area contributed by atoms with E-state index in [1.165, 1.54) is 4.90 Å². The number of hydrogen-bond donors (Lipinski definition) is 2. The molecule has 3 rings (SSSR count). The van der Waals surface area contributed by atoms with Gasteiger partial charge in [-0.3, -0.25) is 19.2 Å². The number of piperazine rings is 1. The second-order valence-electron chi connectivity index (χ2n) is 7.65. The molecule has 2 heterocycles. The first-order valence-electron chi connectivity index (χ1n) is 10.9. The lowest BCUT2D eigenvalue weighted by Gasteiger charge is -2.34. The van der Waals surface area contributed by atoms with Gasteiger partial charge >= 0.3 is 5.97 Å². The Kier molecular flexibility index (Phi) is 8.43. The van der Waals surface area contributed by atoms with Crippen LogP contribution in [-0.2, 0) is 23.9 Å². The summed E-state index contributed by atoms with van der Waals surface area (Å²) in [6.07, 6.45) is 0.516. The van der Waals surface area contributed by atoms with Gasteiger partial charge in [0.25, 0.3) is 5.91 Å². The quantitative estimate of drug-likeness (QED) is 0.550. The fraction of sp³-hybridized carbons (Fsp3) is 0.545. The number of rotatable bonds is 8. The van der Waals surface area contributed by atoms with Crippen LogP contribution in [0, 0.1) is 0 Å². The molecule has 32 heavy (non-hydrogen) atoms. The predicted octanol–water partition coefficient (Wildman–Crippen LogP) is 0.241. The van der Waals surface area contributed by atoms with Crippen molar-refractivity contribution >= 4 is 29.4 Å². The van der Waals surface area contributed by atoms with Gasteiger partial charge in [-0.25, -0.2) is 0 Å². The Morgan fingerprint density at radius 1 is 1.16 bits per heavy atom. The minimum Gasteiger partial charge on any atom is -0.466 e. The number of carbonyl (C=O) groups is 4. The Hall–Kier alpha value is -3.14. The molecule has 0 aromatic heterocycles. The highest BCUT2D eigenvalue weighted by Gasteiger charge is 2.34. The van der Waals surface area contributed by atoms with Gasteiger partial charge in [-0.15, -0.1) is 0 Å². The van der Waals surface area contributed by atoms with Crippen molar-refractivity contribution in [2.45, 2.75) is 25.8 Å². The third-order valence-corrected chi connectivity index (χ3v) is 5.35. The molecule has 2 aliphatic heterocycles. The second-order valence-corrected chi connectivity index (χ2v) is 7.65. The number of nitrogens with one attached hydrogen (secondary N) is 2. The smallest absolute Gasteiger partial charge is 0.308 e. The van der Waals surface area contributed by atoms with E-state index in [0.717, 1.165) is 0 Å². The molecular weight excluding hydrogens is 416 g/mol. The van der Waals surface area contributed by atoms with Gasteiger partial charge in [-0.05, 0) is 30.7 Å². The highest BCUT2D eigenvalue weighted by Crippen LogP contribution is 2.14. The van der Waals surface area contributed by atoms with E-state index < -0.39 is 12.0 Å². The van der Waals surface area contributed by atoms with Gasteiger partial charge in [-0.1, -0.05) is 6.92 Å². The molecule has 2 aliphatic rings. The molecule has 10 heteroatoms. The molecule has 0 aliphatic carbocycles. The molecule has 10 nitrogen and oxygen atoms in total. The zero-order valence-corrected chi connectivity index (χ0v) is 18.3. The number of carbonyl (C=O) groups excluding carboxylic acids is 4. The first kappa shape index (κ1) is 23.5. The van der Waals surface area contributed by atoms with Crippen molar-refractivity contribution in [3.63, 3.8) is 0 Å². The van der Waals surface area contributed by atoms with Crippen molar-refractivity contribution in [1.29, 1.82) is 0 Å². The zero-order chi connectivity index (χ0) is 22.9. The average molecular weight is 447 g/mol. The van der Waals surface area contributed by atoms with E-state index in [-0.39, 0.29) is 37.3 Å². The van der Waals surface area contributed by atoms with Crippen LogP contribution >= 0.6 is 0 Å². The maximum absolute atomic E-state index is 12.8. The average Bonchev–Trinajstić information content (AvgIpc) is 2.83. The lowest BCUT2D eigenvalue weighted by Crippen LogP contribution is -2.58. The maximum atomic E-state index is 12.8. The minimum absolute atomic E-state index is 0.0372. The normalized spacial score (nSPS) is 18.7. The fourth-order valence-corrected chi connectivity index (χ4v) is 3.61. The number of anilines is 1. The third-order valence-electron chi connectivity index (χ3n) is 5.35. The van der Waals surface area contributed by atoms with E-state index >= 15 is 0 Å². The number of ether oxygens (including phenoxy) is 2. The lowest BCUT2D eigenvalue weighted by atomic mass is 10.1. The summed E-state index contributed by atoms with van der Waals surface area (Å²) in [4.78, 5) is 52.7. The molecule has 174 valence electrons. The van der Waals surface area contributed by atoms with Crippen LogP contribution in [0.1, 0.15) is 30.1 Å². The molecule has 1 aromatic rings. The Balaban J connectivity index is 1.54. The number of nitrogens with zero attached hydrogens (tertiary/aromatic N) is 2. The number of hydrogen-bond acceptors (Lipinski definition) is 7. The molecule has 0 spiro atoms. The molecule has 3 amide bonds. The standard InChI is InChI=1S/C22H30N4O6/c1-2-11-32-20(28)14-18-21(29)23-7-8-26(18)19(27)15-24-17-5-3-16(4-6-17)22(30)25-9-12-31-13-10-25/h3-6,18,24H,2,7-15H2,1H3,(H,23,29). The molecule has 0 radical (unpaired) electrons. The maximum Gasteiger partial charge on any atom is 0.308 e. The fourth-order valence-electron chi connectivity index (χ4n) is 3.61. The summed E-state index contributed by atoms with van der Waals surface area (Å²) >= 11 is 0. The van der Waals surface area contributed by atoms with Crippen molar-refractivity contribution in [1.82, 2.24) is 15.1 Å². The number of benzene rings is 1. The summed E-state index contributed by atoms with van der Waals surface area (Å²) in [5, 5.41) is 5.72. The highest BCUT2D eigenvalue weighted by molar-refractivity contribution is 5.95. The van der Waals surface area contributed by atoms with Gasteiger partial charge in [0.05, 0.1) is 32.8 Å². The second kappa shape index (κ2) is 11.5. The number of esters is 1. The summed E-state index contributed by atoms with van der Waals surface area (Å²) in [5.74, 6) is -1.20. The van der Waals surface area contributed by atoms with E-state index in [1.54, 1.807) is 29.2 Å². The SMILES string of the molecule is CCCOC(=O)CC1C(=O)NCCN1C(=O)CNc1ccc(C(=O)N2CCOCC2)cc1. The van der Waals surface area contributed by atoms with E-state index in [2.05, 4.69) is 10.6 Å². The van der Waals surface area contributed by atoms with Gasteiger partial charge < -0.3 is 29.9 Å². The Morgan fingerprint density at radius 3 is 2.56 bits per heavy atom. The van der Waals surface area contributed by atoms with Crippen molar-refractivity contribution in [3.8, 4) is 0 Å². The lowest BCUT2D eigenvalue weighted by molar-refractivity contribution is -0.151. The Bertz CT molecular complexity index is 822. The monoisotopic (exact) mass is 446 g/mol. The van der Waals surface area contributed by atoms with Gasteiger partial charge in [0, 0.05) is 37.4 Å². The van der Waals surface area contributed by atoms with E-state index in [0.29, 0.717) is 57.1 Å². The number of morpholine rings is 1. The summed E-state index contributed by atoms with van der Waals surface area (Å²) in [6.45, 7) is 5.02. The molecule has 2 fully saturated rings. The molecule has 0 saturated carbocycles. The van der Waals surface area contributed by atoms with E-state index in [1.807, 2.05) is 6.92 Å². The molecule has 2 saturated heterocycles. The van der Waals surface area contributed by atoms with Gasteiger partial charge in [0.15, 0.2) is 0 Å². The van der Waals surface area contributed by atoms with Crippen LogP contribution < -0.4 is 10.6 Å². The van der Waals surface area contributed by atoms with Crippen molar-refractivity contribution in [3.05, 3.63) is 29.8 Å². The van der Waals surface area contributed by atoms with Crippen LogP contribution in [0.5, 0.6) is 0 Å². The Morgan fingerprint density at radius 2 is 1.88 bits per heavy atom. The molecular formula is C22H30N4O6. The van der Waals surface area contributed by atoms with Crippen LogP contribution in [-0.4, -0.2) is 92.1 Å². The zero-order valence-electron chi connectivity index (χ0n) is 18.3. The number of amides is 3. The highest BCUT2D eigenvalue weighted by atomic mass is 16.5. The first-order chi connectivity index (χ1) is 15.5. The van der Waals surface area contributed by atoms with E-state index in [9.17, 15) is 19.2 Å². The summed E-state index contributed by atoms with van der Waals surface area (Å²) < 4.78 is 10.3. The largest absolute Gasteiger partial charge is 0.466 e. The molecule has 1 aromatic carbocycles. The van der Waals surface area contributed by atoms with Crippen molar-refractivity contribution < 1.29 is 28.7 Å². The summed E-state index contributed by atoms with van der Waals surface area (Å²) in [5.41, 5.74) is 1.25. The van der Waals surface area contributed by atoms with Gasteiger partial charge in [0.2, 0.25) is 11.8 Å². The summed E-state index contributed by atoms with van der Waals surface area (Å²) in [7, 11) is 0. The summed E-state index contributed by atoms with van der Waals surface area (Å²) in [6, 6.07) is 6.03. The van der Waals surface area contributed by atoms with Gasteiger partial charge in [-0.2, -0.15) is 0 Å². The topological polar surface area (TPSA) is 117 Å². The Labute approximate surface area is 187 Å². The third kappa shape index (κ3) is 6.19. The van der Waals surface area contributed by atoms with Crippen molar-refractivity contribution in [2.75, 3.05) is 57.9 Å². The predicted molar refractivity (Wildman–Crippen MR) is 116 cm³/mol. The van der Waals surface area contributed by atoms with Crippen molar-refractivity contribution in [2.24, 2.45) is 0 Å². The van der Waals surface area contributed by atoms with Crippen LogP contribution in [0.4, 0.5) is 5.69 Å². The van der Waals surface area contributed by atoms with Crippen LogP contribution in [0.25, 0.3) is 0 Å². The van der Waals surface area contributed by atoms with E-state index in [4.69, 9.17) is 9.47 Å².